The maximum Gasteiger partial charge on any atom is 0.407 e. The lowest BCUT2D eigenvalue weighted by Crippen LogP contribution is -2.65. The first-order valence-corrected chi connectivity index (χ1v) is 18.8. The van der Waals surface area contributed by atoms with Gasteiger partial charge in [-0.15, -0.1) is 0 Å². The molecule has 302 valence electrons. The van der Waals surface area contributed by atoms with Crippen molar-refractivity contribution in [2.75, 3.05) is 13.7 Å². The number of aryl methyl sites for hydroxylation is 1. The van der Waals surface area contributed by atoms with Gasteiger partial charge in [-0.25, -0.2) is 14.8 Å². The molecule has 0 fully saturated rings. The molecule has 1 aromatic heterocycles. The lowest BCUT2D eigenvalue weighted by Gasteiger charge is -2.35. The fraction of sp³-hybridized carbons (Fsp3) is 0.357. The van der Waals surface area contributed by atoms with Crippen LogP contribution in [0.2, 0.25) is 0 Å². The number of primary amides is 1. The second kappa shape index (κ2) is 21.1. The molecule has 3 atom stereocenters. The van der Waals surface area contributed by atoms with Crippen molar-refractivity contribution < 1.29 is 38.2 Å². The van der Waals surface area contributed by atoms with E-state index in [4.69, 9.17) is 15.2 Å². The van der Waals surface area contributed by atoms with Gasteiger partial charge in [-0.3, -0.25) is 29.4 Å². The van der Waals surface area contributed by atoms with Crippen molar-refractivity contribution in [3.63, 3.8) is 0 Å². The summed E-state index contributed by atoms with van der Waals surface area (Å²) in [7, 11) is 1.20. The van der Waals surface area contributed by atoms with Crippen molar-refractivity contribution in [2.24, 2.45) is 11.7 Å². The van der Waals surface area contributed by atoms with Gasteiger partial charge in [0.05, 0.1) is 19.0 Å². The number of nitrogens with two attached hydrogens (primary N) is 1. The van der Waals surface area contributed by atoms with Gasteiger partial charge in [0.15, 0.2) is 0 Å². The van der Waals surface area contributed by atoms with Gasteiger partial charge >= 0.3 is 12.1 Å². The summed E-state index contributed by atoms with van der Waals surface area (Å²) in [5, 5.41) is 10.3. The molecule has 0 aliphatic carbocycles. The Labute approximate surface area is 332 Å². The largest absolute Gasteiger partial charge is 0.453 e. The van der Waals surface area contributed by atoms with Gasteiger partial charge < -0.3 is 31.2 Å². The zero-order valence-electron chi connectivity index (χ0n) is 32.7. The number of rotatable bonds is 20. The fourth-order valence-electron chi connectivity index (χ4n) is 6.09. The van der Waals surface area contributed by atoms with E-state index < -0.39 is 59.9 Å². The third-order valence-corrected chi connectivity index (χ3v) is 8.97. The summed E-state index contributed by atoms with van der Waals surface area (Å²) in [5.74, 6) is -4.65. The third kappa shape index (κ3) is 13.1. The number of ether oxygens (including phenoxy) is 2. The van der Waals surface area contributed by atoms with Crippen molar-refractivity contribution in [2.45, 2.75) is 77.2 Å². The Morgan fingerprint density at radius 3 is 2.12 bits per heavy atom. The summed E-state index contributed by atoms with van der Waals surface area (Å²) in [6.07, 6.45) is -0.690. The highest BCUT2D eigenvalue weighted by Crippen LogP contribution is 2.20. The fourth-order valence-corrected chi connectivity index (χ4v) is 6.09. The van der Waals surface area contributed by atoms with Crippen LogP contribution in [0.4, 0.5) is 4.79 Å². The van der Waals surface area contributed by atoms with Crippen molar-refractivity contribution in [3.8, 4) is 0 Å². The smallest absolute Gasteiger partial charge is 0.407 e. The number of hydrazine groups is 1. The number of carbonyl (C=O) groups excluding carboxylic acids is 6. The Balaban J connectivity index is 1.73. The van der Waals surface area contributed by atoms with Crippen LogP contribution in [0.25, 0.3) is 10.9 Å². The summed E-state index contributed by atoms with van der Waals surface area (Å²) >= 11 is 0. The van der Waals surface area contributed by atoms with E-state index in [0.29, 0.717) is 24.8 Å². The Kier molecular flexibility index (Phi) is 16.0. The minimum absolute atomic E-state index is 0.0159. The predicted octanol–water partition coefficient (Wildman–Crippen LogP) is 3.91. The van der Waals surface area contributed by atoms with Crippen LogP contribution in [-0.4, -0.2) is 77.1 Å². The average molecular weight is 782 g/mol. The van der Waals surface area contributed by atoms with Crippen molar-refractivity contribution in [1.29, 1.82) is 0 Å². The van der Waals surface area contributed by atoms with E-state index in [-0.39, 0.29) is 31.1 Å². The van der Waals surface area contributed by atoms with Crippen LogP contribution in [0.1, 0.15) is 68.1 Å². The van der Waals surface area contributed by atoms with Crippen molar-refractivity contribution in [3.05, 3.63) is 114 Å². The molecule has 0 aliphatic heterocycles. The van der Waals surface area contributed by atoms with Gasteiger partial charge in [0.2, 0.25) is 5.91 Å². The van der Waals surface area contributed by atoms with Crippen LogP contribution in [0, 0.1) is 5.92 Å². The summed E-state index contributed by atoms with van der Waals surface area (Å²) in [4.78, 5) is 84.6. The number of para-hydroxylation sites is 1. The van der Waals surface area contributed by atoms with Gasteiger partial charge in [-0.2, -0.15) is 0 Å². The quantitative estimate of drug-likeness (QED) is 0.0496. The van der Waals surface area contributed by atoms with Crippen molar-refractivity contribution in [1.82, 2.24) is 31.4 Å². The van der Waals surface area contributed by atoms with Crippen LogP contribution >= 0.6 is 0 Å². The minimum atomic E-state index is -2.58. The third-order valence-electron chi connectivity index (χ3n) is 8.97. The molecule has 1 heterocycles. The van der Waals surface area contributed by atoms with Gasteiger partial charge in [0.1, 0.15) is 11.7 Å². The van der Waals surface area contributed by atoms with E-state index in [1.165, 1.54) is 13.2 Å². The molecule has 0 spiro atoms. The number of alkyl carbamates (subject to hydrolysis) is 1. The molecular weight excluding hydrogens is 731 g/mol. The maximum atomic E-state index is 14.7. The number of aromatic nitrogens is 1. The molecule has 0 bridgehead atoms. The Bertz CT molecular complexity index is 2000. The van der Waals surface area contributed by atoms with E-state index in [9.17, 15) is 28.8 Å². The topological polar surface area (TPSA) is 211 Å². The van der Waals surface area contributed by atoms with Crippen LogP contribution in [0.15, 0.2) is 97.1 Å². The first kappa shape index (κ1) is 43.4. The molecule has 5 amide bonds. The molecular formula is C42H51N7O8. The molecule has 3 aromatic carbocycles. The number of esters is 1. The number of benzene rings is 3. The van der Waals surface area contributed by atoms with Gasteiger partial charge in [0.25, 0.3) is 23.4 Å². The first-order valence-electron chi connectivity index (χ1n) is 18.8. The molecule has 0 aliphatic rings. The number of nitrogens with zero attached hydrogens (tertiary/aromatic N) is 2. The van der Waals surface area contributed by atoms with Crippen LogP contribution < -0.4 is 27.1 Å². The standard InChI is InChI=1S/C42H51N7O8/c1-5-14-36(51)57-42(25-35(43)50,47-38(52)34-24-22-31-19-12-13-20-33(31)45-34)40(54)44-32(23-21-29-15-8-6-9-16-29)27-49(26-30-17-10-7-11-18-30)48-39(53)37(28(2)3)46-41(55)56-4/h6-13,15-20,22,24,28,32,37H,5,14,21,23,25-27H2,1-4H3,(H2,43,50)(H,44,54)(H,46,55)(H,47,52)(H,48,53)/t32-,37-,42+/m0/s1. The Hall–Kier alpha value is -6.35. The molecule has 15 heteroatoms. The molecule has 4 rings (SSSR count). The van der Waals surface area contributed by atoms with E-state index in [1.54, 1.807) is 44.0 Å². The lowest BCUT2D eigenvalue weighted by molar-refractivity contribution is -0.174. The van der Waals surface area contributed by atoms with Gasteiger partial charge in [-0.05, 0) is 48.4 Å². The Morgan fingerprint density at radius 1 is 0.842 bits per heavy atom. The molecule has 0 radical (unpaired) electrons. The second-order valence-corrected chi connectivity index (χ2v) is 13.9. The number of fused-ring (bicyclic) bond motifs is 1. The average Bonchev–Trinajstić information content (AvgIpc) is 3.18. The van der Waals surface area contributed by atoms with E-state index in [0.717, 1.165) is 16.5 Å². The highest BCUT2D eigenvalue weighted by molar-refractivity contribution is 6.01. The Morgan fingerprint density at radius 2 is 1.49 bits per heavy atom. The van der Waals surface area contributed by atoms with Crippen LogP contribution in [-0.2, 0) is 41.6 Å². The summed E-state index contributed by atoms with van der Waals surface area (Å²) in [6.45, 7) is 5.43. The van der Waals surface area contributed by atoms with Crippen molar-refractivity contribution >= 4 is 46.6 Å². The summed E-state index contributed by atoms with van der Waals surface area (Å²) in [5.41, 5.74) is 8.17. The zero-order valence-corrected chi connectivity index (χ0v) is 32.7. The first-order chi connectivity index (χ1) is 27.3. The molecule has 0 saturated carbocycles. The maximum absolute atomic E-state index is 14.7. The summed E-state index contributed by atoms with van der Waals surface area (Å²) in [6, 6.07) is 27.2. The molecule has 57 heavy (non-hydrogen) atoms. The number of carbonyl (C=O) groups is 6. The summed E-state index contributed by atoms with van der Waals surface area (Å²) < 4.78 is 10.5. The number of hydrogen-bond donors (Lipinski definition) is 5. The molecule has 0 unspecified atom stereocenters. The van der Waals surface area contributed by atoms with E-state index >= 15 is 0 Å². The minimum Gasteiger partial charge on any atom is -0.453 e. The van der Waals surface area contributed by atoms with E-state index in [2.05, 4.69) is 26.4 Å². The van der Waals surface area contributed by atoms with Crippen LogP contribution in [0.3, 0.4) is 0 Å². The number of hydrogen-bond acceptors (Lipinski definition) is 10. The van der Waals surface area contributed by atoms with Crippen LogP contribution in [0.5, 0.6) is 0 Å². The number of nitrogens with one attached hydrogen (secondary N) is 4. The van der Waals surface area contributed by atoms with Gasteiger partial charge in [-0.1, -0.05) is 106 Å². The van der Waals surface area contributed by atoms with E-state index in [1.807, 2.05) is 72.8 Å². The van der Waals surface area contributed by atoms with Gasteiger partial charge in [0, 0.05) is 30.9 Å². The molecule has 15 nitrogen and oxygen atoms in total. The second-order valence-electron chi connectivity index (χ2n) is 13.9. The zero-order chi connectivity index (χ0) is 41.4. The molecule has 6 N–H and O–H groups in total. The predicted molar refractivity (Wildman–Crippen MR) is 213 cm³/mol. The number of methoxy groups -OCH3 is 1. The number of amides is 5. The molecule has 4 aromatic rings. The SMILES string of the molecule is CCCC(=O)O[C@@](CC(N)=O)(NC(=O)c1ccc2ccccc2n1)C(=O)N[C@@H](CCc1ccccc1)CN(Cc1ccccc1)NC(=O)[C@@H](NC(=O)OC)C(C)C. The highest BCUT2D eigenvalue weighted by atomic mass is 16.6. The lowest BCUT2D eigenvalue weighted by atomic mass is 10.0. The normalized spacial score (nSPS) is 13.2. The number of pyridine rings is 1. The highest BCUT2D eigenvalue weighted by Gasteiger charge is 2.47. The molecule has 0 saturated heterocycles. The monoisotopic (exact) mass is 781 g/mol.